The maximum atomic E-state index is 2.43. The highest BCUT2D eigenvalue weighted by Gasteiger charge is 2.06. The summed E-state index contributed by atoms with van der Waals surface area (Å²) in [6, 6.07) is 0. The van der Waals surface area contributed by atoms with Gasteiger partial charge in [0.15, 0.2) is 0 Å². The first-order chi connectivity index (χ1) is 5.84. The minimum atomic E-state index is 1.24. The van der Waals surface area contributed by atoms with Crippen LogP contribution < -0.4 is 0 Å². The van der Waals surface area contributed by atoms with Crippen molar-refractivity contribution in [1.82, 2.24) is 4.90 Å². The number of hydrogen-bond donors (Lipinski definition) is 0. The van der Waals surface area contributed by atoms with E-state index in [1.807, 2.05) is 0 Å². The molecule has 0 saturated heterocycles. The molecule has 0 amide bonds. The first kappa shape index (κ1) is 9.63. The molecule has 0 fully saturated rings. The van der Waals surface area contributed by atoms with Crippen LogP contribution in [0.5, 0.6) is 0 Å². The van der Waals surface area contributed by atoms with Crippen LogP contribution in [0.3, 0.4) is 0 Å². The van der Waals surface area contributed by atoms with Gasteiger partial charge in [-0.05, 0) is 32.1 Å². The molecule has 0 bridgehead atoms. The van der Waals surface area contributed by atoms with Gasteiger partial charge in [0.1, 0.15) is 0 Å². The lowest BCUT2D eigenvalue weighted by Crippen LogP contribution is -2.20. The first-order valence-electron chi connectivity index (χ1n) is 5.24. The van der Waals surface area contributed by atoms with E-state index in [-0.39, 0.29) is 0 Å². The lowest BCUT2D eigenvalue weighted by Gasteiger charge is -2.25. The Morgan fingerprint density at radius 1 is 1.42 bits per heavy atom. The molecule has 1 aliphatic rings. The summed E-state index contributed by atoms with van der Waals surface area (Å²) in [5, 5.41) is 0. The Morgan fingerprint density at radius 2 is 2.25 bits per heavy atom. The molecule has 70 valence electrons. The van der Waals surface area contributed by atoms with Crippen molar-refractivity contribution in [3.8, 4) is 0 Å². The van der Waals surface area contributed by atoms with Crippen LogP contribution in [0.25, 0.3) is 0 Å². The van der Waals surface area contributed by atoms with Crippen LogP contribution in [0.4, 0.5) is 0 Å². The monoisotopic (exact) mass is 167 g/mol. The summed E-state index contributed by atoms with van der Waals surface area (Å²) in [5.41, 5.74) is 1.58. The molecule has 0 aromatic heterocycles. The van der Waals surface area contributed by atoms with E-state index < -0.39 is 0 Å². The molecule has 1 rings (SSSR count). The third-order valence-electron chi connectivity index (χ3n) is 2.60. The minimum Gasteiger partial charge on any atom is -0.378 e. The lowest BCUT2D eigenvalue weighted by atomic mass is 10.0. The van der Waals surface area contributed by atoms with Crippen molar-refractivity contribution < 1.29 is 0 Å². The minimum absolute atomic E-state index is 1.24. The van der Waals surface area contributed by atoms with Crippen molar-refractivity contribution in [2.45, 2.75) is 45.4 Å². The van der Waals surface area contributed by atoms with E-state index in [1.165, 1.54) is 45.1 Å². The van der Waals surface area contributed by atoms with E-state index >= 15 is 0 Å². The standard InChI is InChI=1S/C11H21N/c1-3-4-10-12(2)11-8-6-5-7-9-11/h8H,3-7,9-10H2,1-2H3. The third-order valence-corrected chi connectivity index (χ3v) is 2.60. The largest absolute Gasteiger partial charge is 0.378 e. The van der Waals surface area contributed by atoms with Gasteiger partial charge in [0.05, 0.1) is 0 Å². The van der Waals surface area contributed by atoms with Crippen molar-refractivity contribution in [2.24, 2.45) is 0 Å². The molecular weight excluding hydrogens is 146 g/mol. The fourth-order valence-corrected chi connectivity index (χ4v) is 1.71. The second-order valence-electron chi connectivity index (χ2n) is 3.72. The van der Waals surface area contributed by atoms with Crippen LogP contribution in [0.15, 0.2) is 11.8 Å². The molecule has 1 aliphatic carbocycles. The maximum Gasteiger partial charge on any atom is 0.0171 e. The average molecular weight is 167 g/mol. The molecule has 0 atom stereocenters. The van der Waals surface area contributed by atoms with E-state index in [4.69, 9.17) is 0 Å². The van der Waals surface area contributed by atoms with Gasteiger partial charge in [-0.1, -0.05) is 19.4 Å². The van der Waals surface area contributed by atoms with Crippen LogP contribution in [-0.4, -0.2) is 18.5 Å². The smallest absolute Gasteiger partial charge is 0.0171 e. The summed E-state index contributed by atoms with van der Waals surface area (Å²) >= 11 is 0. The highest BCUT2D eigenvalue weighted by atomic mass is 15.1. The first-order valence-corrected chi connectivity index (χ1v) is 5.24. The van der Waals surface area contributed by atoms with Crippen molar-refractivity contribution in [1.29, 1.82) is 0 Å². The molecule has 0 aromatic rings. The Balaban J connectivity index is 2.29. The van der Waals surface area contributed by atoms with Gasteiger partial charge in [-0.2, -0.15) is 0 Å². The van der Waals surface area contributed by atoms with Crippen molar-refractivity contribution in [3.05, 3.63) is 11.8 Å². The summed E-state index contributed by atoms with van der Waals surface area (Å²) in [6.45, 7) is 3.49. The quantitative estimate of drug-likeness (QED) is 0.621. The molecule has 0 saturated carbocycles. The molecule has 0 radical (unpaired) electrons. The summed E-state index contributed by atoms with van der Waals surface area (Å²) in [5.74, 6) is 0. The number of hydrogen-bond acceptors (Lipinski definition) is 1. The van der Waals surface area contributed by atoms with E-state index in [1.54, 1.807) is 5.70 Å². The number of rotatable bonds is 4. The number of allylic oxidation sites excluding steroid dienone is 2. The van der Waals surface area contributed by atoms with Crippen LogP contribution >= 0.6 is 0 Å². The predicted octanol–water partition coefficient (Wildman–Crippen LogP) is 3.18. The van der Waals surface area contributed by atoms with Gasteiger partial charge in [0.25, 0.3) is 0 Å². The predicted molar refractivity (Wildman–Crippen MR) is 54.1 cm³/mol. The molecule has 0 heterocycles. The summed E-state index contributed by atoms with van der Waals surface area (Å²) in [6.07, 6.45) is 10.4. The Morgan fingerprint density at radius 3 is 2.83 bits per heavy atom. The summed E-state index contributed by atoms with van der Waals surface area (Å²) in [4.78, 5) is 2.43. The van der Waals surface area contributed by atoms with Crippen LogP contribution in [0.2, 0.25) is 0 Å². The lowest BCUT2D eigenvalue weighted by molar-refractivity contribution is 0.378. The van der Waals surface area contributed by atoms with Gasteiger partial charge in [0.2, 0.25) is 0 Å². The average Bonchev–Trinajstić information content (AvgIpc) is 2.15. The van der Waals surface area contributed by atoms with Crippen molar-refractivity contribution in [2.75, 3.05) is 13.6 Å². The van der Waals surface area contributed by atoms with E-state index in [0.717, 1.165) is 0 Å². The van der Waals surface area contributed by atoms with E-state index in [9.17, 15) is 0 Å². The van der Waals surface area contributed by atoms with Crippen molar-refractivity contribution >= 4 is 0 Å². The van der Waals surface area contributed by atoms with Crippen LogP contribution in [-0.2, 0) is 0 Å². The van der Waals surface area contributed by atoms with Gasteiger partial charge >= 0.3 is 0 Å². The summed E-state index contributed by atoms with van der Waals surface area (Å²) < 4.78 is 0. The van der Waals surface area contributed by atoms with Crippen LogP contribution in [0.1, 0.15) is 45.4 Å². The van der Waals surface area contributed by atoms with Crippen molar-refractivity contribution in [3.63, 3.8) is 0 Å². The Labute approximate surface area is 76.5 Å². The second kappa shape index (κ2) is 5.23. The molecule has 0 N–H and O–H groups in total. The highest BCUT2D eigenvalue weighted by Crippen LogP contribution is 2.19. The summed E-state index contributed by atoms with van der Waals surface area (Å²) in [7, 11) is 2.23. The Kier molecular flexibility index (Phi) is 4.20. The Bertz CT molecular complexity index is 149. The maximum absolute atomic E-state index is 2.43. The van der Waals surface area contributed by atoms with Gasteiger partial charge in [-0.3, -0.25) is 0 Å². The van der Waals surface area contributed by atoms with Gasteiger partial charge in [-0.25, -0.2) is 0 Å². The Hall–Kier alpha value is -0.460. The van der Waals surface area contributed by atoms with E-state index in [0.29, 0.717) is 0 Å². The zero-order chi connectivity index (χ0) is 8.81. The zero-order valence-corrected chi connectivity index (χ0v) is 8.47. The van der Waals surface area contributed by atoms with Gasteiger partial charge in [-0.15, -0.1) is 0 Å². The normalized spacial score (nSPS) is 17.3. The van der Waals surface area contributed by atoms with E-state index in [2.05, 4.69) is 24.9 Å². The number of nitrogens with zero attached hydrogens (tertiary/aromatic N) is 1. The molecule has 12 heavy (non-hydrogen) atoms. The fraction of sp³-hybridized carbons (Fsp3) is 0.818. The molecule has 0 unspecified atom stereocenters. The van der Waals surface area contributed by atoms with Gasteiger partial charge in [0, 0.05) is 19.3 Å². The second-order valence-corrected chi connectivity index (χ2v) is 3.72. The third kappa shape index (κ3) is 2.88. The highest BCUT2D eigenvalue weighted by molar-refractivity contribution is 5.03. The molecule has 1 heteroatoms. The SMILES string of the molecule is CCCCN(C)C1=CCCCC1. The van der Waals surface area contributed by atoms with Crippen LogP contribution in [0, 0.1) is 0 Å². The topological polar surface area (TPSA) is 3.24 Å². The molecule has 1 nitrogen and oxygen atoms in total. The zero-order valence-electron chi connectivity index (χ0n) is 8.47. The molecule has 0 aromatic carbocycles. The van der Waals surface area contributed by atoms with Gasteiger partial charge < -0.3 is 4.90 Å². The molecule has 0 aliphatic heterocycles. The fourth-order valence-electron chi connectivity index (χ4n) is 1.71. The number of unbranched alkanes of at least 4 members (excludes halogenated alkanes) is 1. The molecule has 0 spiro atoms. The molecular formula is C11H21N.